The molecule has 10 heteroatoms. The van der Waals surface area contributed by atoms with Crippen LogP contribution >= 0.6 is 11.6 Å². The van der Waals surface area contributed by atoms with Crippen LogP contribution in [0.25, 0.3) is 11.1 Å². The molecule has 0 spiro atoms. The van der Waals surface area contributed by atoms with E-state index in [1.807, 2.05) is 0 Å². The smallest absolute Gasteiger partial charge is 0.263 e. The number of benzene rings is 2. The number of aliphatic hydroxyl groups excluding tert-OH is 1. The summed E-state index contributed by atoms with van der Waals surface area (Å²) in [6, 6.07) is 11.7. The summed E-state index contributed by atoms with van der Waals surface area (Å²) in [5, 5.41) is 19.0. The third-order valence-electron chi connectivity index (χ3n) is 3.65. The lowest BCUT2D eigenvalue weighted by Crippen LogP contribution is -2.15. The molecular formula is C18H16ClN3O5S. The summed E-state index contributed by atoms with van der Waals surface area (Å²) in [6.07, 6.45) is 1.15. The molecule has 1 aromatic heterocycles. The second-order valence-electron chi connectivity index (χ2n) is 5.58. The first-order valence-electron chi connectivity index (χ1n) is 8.07. The Kier molecular flexibility index (Phi) is 5.98. The number of nitrogens with zero attached hydrogens (tertiary/aromatic N) is 2. The monoisotopic (exact) mass is 421 g/mol. The molecule has 0 aliphatic rings. The third kappa shape index (κ3) is 4.50. The van der Waals surface area contributed by atoms with Crippen LogP contribution in [0.5, 0.6) is 11.6 Å². The molecule has 0 saturated heterocycles. The van der Waals surface area contributed by atoms with Crippen molar-refractivity contribution in [1.82, 2.24) is 9.97 Å². The van der Waals surface area contributed by atoms with Crippen LogP contribution < -0.4 is 9.46 Å². The molecule has 0 bridgehead atoms. The molecule has 3 N–H and O–H groups in total. The van der Waals surface area contributed by atoms with Gasteiger partial charge in [0.05, 0.1) is 17.1 Å². The standard InChI is InChI=1S/C18H16ClN3O5S/c19-13-3-7-15(8-4-13)28(25,26)22-17-16(12-1-5-14(24)6-2-12)18(21-11-20-17)27-10-9-23/h1-8,11,23-24H,9-10H2,(H,20,21,22). The molecule has 0 atom stereocenters. The van der Waals surface area contributed by atoms with Gasteiger partial charge in [-0.05, 0) is 42.0 Å². The maximum Gasteiger partial charge on any atom is 0.263 e. The summed E-state index contributed by atoms with van der Waals surface area (Å²) >= 11 is 5.82. The van der Waals surface area contributed by atoms with Gasteiger partial charge >= 0.3 is 0 Å². The maximum atomic E-state index is 12.7. The summed E-state index contributed by atoms with van der Waals surface area (Å²) in [6.45, 7) is -0.281. The number of nitrogens with one attached hydrogen (secondary N) is 1. The molecule has 0 saturated carbocycles. The average molecular weight is 422 g/mol. The van der Waals surface area contributed by atoms with Crippen LogP contribution in [0.15, 0.2) is 59.8 Å². The molecule has 28 heavy (non-hydrogen) atoms. The number of hydrogen-bond donors (Lipinski definition) is 3. The number of phenols is 1. The van der Waals surface area contributed by atoms with E-state index in [9.17, 15) is 13.5 Å². The Bertz CT molecular complexity index is 1060. The second-order valence-corrected chi connectivity index (χ2v) is 7.70. The van der Waals surface area contributed by atoms with Gasteiger partial charge in [-0.15, -0.1) is 0 Å². The van der Waals surface area contributed by atoms with E-state index in [-0.39, 0.29) is 41.1 Å². The molecule has 0 amide bonds. The predicted octanol–water partition coefficient (Wildman–Crippen LogP) is 2.67. The van der Waals surface area contributed by atoms with E-state index in [0.29, 0.717) is 10.6 Å². The molecule has 8 nitrogen and oxygen atoms in total. The van der Waals surface area contributed by atoms with Crippen molar-refractivity contribution in [3.63, 3.8) is 0 Å². The van der Waals surface area contributed by atoms with E-state index >= 15 is 0 Å². The first kappa shape index (κ1) is 19.9. The number of sulfonamides is 1. The molecular weight excluding hydrogens is 406 g/mol. The van der Waals surface area contributed by atoms with Gasteiger partial charge in [-0.25, -0.2) is 18.4 Å². The van der Waals surface area contributed by atoms with Crippen molar-refractivity contribution in [2.75, 3.05) is 17.9 Å². The summed E-state index contributed by atoms with van der Waals surface area (Å²) in [7, 11) is -3.96. The largest absolute Gasteiger partial charge is 0.508 e. The van der Waals surface area contributed by atoms with Gasteiger partial charge in [0.1, 0.15) is 18.7 Å². The number of phenolic OH excluding ortho intramolecular Hbond substituents is 1. The minimum atomic E-state index is -3.96. The highest BCUT2D eigenvalue weighted by molar-refractivity contribution is 7.92. The van der Waals surface area contributed by atoms with Crippen LogP contribution in [0, 0.1) is 0 Å². The first-order chi connectivity index (χ1) is 13.4. The average Bonchev–Trinajstić information content (AvgIpc) is 2.67. The van der Waals surface area contributed by atoms with Gasteiger partial charge in [0.15, 0.2) is 5.82 Å². The fourth-order valence-electron chi connectivity index (χ4n) is 2.39. The van der Waals surface area contributed by atoms with Crippen LogP contribution in [0.4, 0.5) is 5.82 Å². The van der Waals surface area contributed by atoms with Gasteiger partial charge in [-0.3, -0.25) is 4.72 Å². The molecule has 0 fully saturated rings. The molecule has 0 radical (unpaired) electrons. The zero-order valence-corrected chi connectivity index (χ0v) is 16.0. The fourth-order valence-corrected chi connectivity index (χ4v) is 3.53. The molecule has 3 aromatic rings. The van der Waals surface area contributed by atoms with E-state index in [4.69, 9.17) is 21.4 Å². The van der Waals surface area contributed by atoms with Crippen molar-refractivity contribution in [2.45, 2.75) is 4.90 Å². The quantitative estimate of drug-likeness (QED) is 0.536. The van der Waals surface area contributed by atoms with Crippen LogP contribution in [0.1, 0.15) is 0 Å². The molecule has 146 valence electrons. The number of anilines is 1. The van der Waals surface area contributed by atoms with Gasteiger partial charge in [0, 0.05) is 5.02 Å². The fraction of sp³-hybridized carbons (Fsp3) is 0.111. The minimum absolute atomic E-state index is 0.00462. The Hall–Kier alpha value is -2.88. The summed E-state index contributed by atoms with van der Waals surface area (Å²) in [5.41, 5.74) is 0.786. The summed E-state index contributed by atoms with van der Waals surface area (Å²) in [5.74, 6) is 0.119. The lowest BCUT2D eigenvalue weighted by atomic mass is 10.1. The third-order valence-corrected chi connectivity index (χ3v) is 5.26. The number of hydrogen-bond acceptors (Lipinski definition) is 7. The SMILES string of the molecule is O=S(=O)(Nc1ncnc(OCCO)c1-c1ccc(O)cc1)c1ccc(Cl)cc1. The molecule has 2 aromatic carbocycles. The van der Waals surface area contributed by atoms with Crippen molar-refractivity contribution >= 4 is 27.4 Å². The molecule has 0 unspecified atom stereocenters. The maximum absolute atomic E-state index is 12.7. The number of ether oxygens (including phenoxy) is 1. The zero-order chi connectivity index (χ0) is 20.1. The highest BCUT2D eigenvalue weighted by Crippen LogP contribution is 2.35. The predicted molar refractivity (Wildman–Crippen MR) is 104 cm³/mol. The lowest BCUT2D eigenvalue weighted by molar-refractivity contribution is 0.197. The van der Waals surface area contributed by atoms with Crippen molar-refractivity contribution < 1.29 is 23.4 Å². The van der Waals surface area contributed by atoms with Crippen LogP contribution in [0.3, 0.4) is 0 Å². The second kappa shape index (κ2) is 8.42. The Labute approximate surface area is 166 Å². The zero-order valence-electron chi connectivity index (χ0n) is 14.4. The number of aliphatic hydroxyl groups is 1. The van der Waals surface area contributed by atoms with Crippen molar-refractivity contribution in [3.8, 4) is 22.8 Å². The normalized spacial score (nSPS) is 11.2. The van der Waals surface area contributed by atoms with E-state index in [1.54, 1.807) is 12.1 Å². The first-order valence-corrected chi connectivity index (χ1v) is 9.93. The van der Waals surface area contributed by atoms with E-state index in [2.05, 4.69) is 14.7 Å². The summed E-state index contributed by atoms with van der Waals surface area (Å²) < 4.78 is 33.3. The molecule has 3 rings (SSSR count). The molecule has 1 heterocycles. The van der Waals surface area contributed by atoms with E-state index in [1.165, 1.54) is 36.4 Å². The highest BCUT2D eigenvalue weighted by atomic mass is 35.5. The van der Waals surface area contributed by atoms with Crippen molar-refractivity contribution in [1.29, 1.82) is 0 Å². The Morgan fingerprint density at radius 3 is 2.36 bits per heavy atom. The Balaban J connectivity index is 2.07. The summed E-state index contributed by atoms with van der Waals surface area (Å²) in [4.78, 5) is 8.08. The van der Waals surface area contributed by atoms with Gasteiger partial charge in [-0.2, -0.15) is 0 Å². The highest BCUT2D eigenvalue weighted by Gasteiger charge is 2.21. The number of aromatic hydroxyl groups is 1. The lowest BCUT2D eigenvalue weighted by Gasteiger charge is -2.15. The van der Waals surface area contributed by atoms with E-state index < -0.39 is 10.0 Å². The van der Waals surface area contributed by atoms with Crippen LogP contribution in [0.2, 0.25) is 5.02 Å². The van der Waals surface area contributed by atoms with Gasteiger partial charge in [0.2, 0.25) is 5.88 Å². The van der Waals surface area contributed by atoms with Gasteiger partial charge in [0.25, 0.3) is 10.0 Å². The topological polar surface area (TPSA) is 122 Å². The van der Waals surface area contributed by atoms with Crippen molar-refractivity contribution in [3.05, 3.63) is 59.9 Å². The van der Waals surface area contributed by atoms with Crippen LogP contribution in [-0.4, -0.2) is 41.8 Å². The van der Waals surface area contributed by atoms with Crippen LogP contribution in [-0.2, 0) is 10.0 Å². The number of halogens is 1. The van der Waals surface area contributed by atoms with Gasteiger partial charge in [-0.1, -0.05) is 23.7 Å². The Morgan fingerprint density at radius 2 is 1.71 bits per heavy atom. The number of aromatic nitrogens is 2. The minimum Gasteiger partial charge on any atom is -0.508 e. The van der Waals surface area contributed by atoms with E-state index in [0.717, 1.165) is 6.33 Å². The number of rotatable bonds is 7. The van der Waals surface area contributed by atoms with Gasteiger partial charge < -0.3 is 14.9 Å². The van der Waals surface area contributed by atoms with Crippen molar-refractivity contribution in [2.24, 2.45) is 0 Å². The molecule has 0 aliphatic carbocycles. The molecule has 0 aliphatic heterocycles. The Morgan fingerprint density at radius 1 is 1.04 bits per heavy atom.